The fraction of sp³-hybridized carbons (Fsp3) is 0.476. The van der Waals surface area contributed by atoms with Gasteiger partial charge in [0, 0.05) is 36.9 Å². The van der Waals surface area contributed by atoms with Gasteiger partial charge in [0.2, 0.25) is 0 Å². The number of aryl methyl sites for hydroxylation is 1. The van der Waals surface area contributed by atoms with Gasteiger partial charge in [-0.25, -0.2) is 4.68 Å². The van der Waals surface area contributed by atoms with Gasteiger partial charge in [-0.1, -0.05) is 0 Å². The summed E-state index contributed by atoms with van der Waals surface area (Å²) in [6.07, 6.45) is 3.28. The molecule has 3 rings (SSSR count). The highest BCUT2D eigenvalue weighted by Crippen LogP contribution is 2.20. The van der Waals surface area contributed by atoms with Crippen LogP contribution in [0.1, 0.15) is 53.0 Å². The number of nitrogens with one attached hydrogen (secondary N) is 1. The van der Waals surface area contributed by atoms with Gasteiger partial charge < -0.3 is 15.2 Å². The van der Waals surface area contributed by atoms with Crippen molar-refractivity contribution in [1.82, 2.24) is 15.1 Å². The molecule has 0 bridgehead atoms. The number of carbonyl (C=O) groups is 2. The molecule has 0 aliphatic carbocycles. The van der Waals surface area contributed by atoms with E-state index in [2.05, 4.69) is 10.4 Å². The fourth-order valence-electron chi connectivity index (χ4n) is 3.59. The minimum absolute atomic E-state index is 0.0750. The molecule has 2 aromatic rings. The minimum Gasteiger partial charge on any atom is -0.481 e. The molecular weight excluding hydrogens is 358 g/mol. The second-order valence-electron chi connectivity index (χ2n) is 7.22. The molecule has 7 heteroatoms. The molecule has 1 atom stereocenters. The van der Waals surface area contributed by atoms with Crippen LogP contribution in [0.2, 0.25) is 0 Å². The highest BCUT2D eigenvalue weighted by molar-refractivity contribution is 5.94. The Kier molecular flexibility index (Phi) is 6.46. The molecule has 0 saturated carbocycles. The van der Waals surface area contributed by atoms with Crippen LogP contribution in [0.3, 0.4) is 0 Å². The molecule has 1 saturated heterocycles. The van der Waals surface area contributed by atoms with Crippen LogP contribution < -0.4 is 5.32 Å². The molecule has 1 aromatic heterocycles. The summed E-state index contributed by atoms with van der Waals surface area (Å²) in [5.74, 6) is -0.892. The van der Waals surface area contributed by atoms with Crippen LogP contribution in [-0.4, -0.2) is 46.0 Å². The Hall–Kier alpha value is -2.67. The van der Waals surface area contributed by atoms with Crippen molar-refractivity contribution < 1.29 is 19.4 Å². The molecule has 7 nitrogen and oxygen atoms in total. The van der Waals surface area contributed by atoms with Crippen LogP contribution >= 0.6 is 0 Å². The van der Waals surface area contributed by atoms with Crippen LogP contribution in [0.25, 0.3) is 5.69 Å². The van der Waals surface area contributed by atoms with Gasteiger partial charge in [0.15, 0.2) is 0 Å². The molecule has 0 radical (unpaired) electrons. The molecule has 1 unspecified atom stereocenters. The average molecular weight is 385 g/mol. The van der Waals surface area contributed by atoms with E-state index in [0.29, 0.717) is 18.6 Å². The van der Waals surface area contributed by atoms with Crippen LogP contribution in [0.4, 0.5) is 0 Å². The summed E-state index contributed by atoms with van der Waals surface area (Å²) in [7, 11) is 0. The van der Waals surface area contributed by atoms with Gasteiger partial charge in [-0.05, 0) is 69.4 Å². The highest BCUT2D eigenvalue weighted by Gasteiger charge is 2.17. The van der Waals surface area contributed by atoms with Crippen molar-refractivity contribution in [2.75, 3.05) is 13.2 Å². The normalized spacial score (nSPS) is 17.1. The first-order valence-electron chi connectivity index (χ1n) is 9.71. The van der Waals surface area contributed by atoms with E-state index in [1.54, 1.807) is 16.8 Å². The molecule has 1 fully saturated rings. The number of aliphatic carboxylic acids is 1. The predicted octanol–water partition coefficient (Wildman–Crippen LogP) is 2.81. The molecule has 150 valence electrons. The number of carbonyl (C=O) groups excluding carboxylic acids is 1. The Morgan fingerprint density at radius 1 is 1.21 bits per heavy atom. The highest BCUT2D eigenvalue weighted by atomic mass is 16.5. The number of amides is 1. The van der Waals surface area contributed by atoms with Crippen LogP contribution in [0, 0.1) is 13.8 Å². The van der Waals surface area contributed by atoms with Crippen LogP contribution in [0.15, 0.2) is 24.3 Å². The van der Waals surface area contributed by atoms with Crippen molar-refractivity contribution in [2.24, 2.45) is 0 Å². The number of ether oxygens (including phenoxy) is 1. The third-order valence-electron chi connectivity index (χ3n) is 5.19. The van der Waals surface area contributed by atoms with Gasteiger partial charge >= 0.3 is 5.97 Å². The van der Waals surface area contributed by atoms with E-state index in [-0.39, 0.29) is 18.4 Å². The second kappa shape index (κ2) is 9.01. The Bertz CT molecular complexity index is 834. The van der Waals surface area contributed by atoms with Crippen molar-refractivity contribution in [3.63, 3.8) is 0 Å². The lowest BCUT2D eigenvalue weighted by molar-refractivity contribution is -0.136. The molecule has 28 heavy (non-hydrogen) atoms. The maximum Gasteiger partial charge on any atom is 0.303 e. The van der Waals surface area contributed by atoms with Crippen molar-refractivity contribution in [3.05, 3.63) is 46.8 Å². The average Bonchev–Trinajstić information content (AvgIpc) is 2.83. The van der Waals surface area contributed by atoms with Gasteiger partial charge in [-0.15, -0.1) is 0 Å². The predicted molar refractivity (Wildman–Crippen MR) is 105 cm³/mol. The van der Waals surface area contributed by atoms with E-state index in [0.717, 1.165) is 48.5 Å². The largest absolute Gasteiger partial charge is 0.481 e. The summed E-state index contributed by atoms with van der Waals surface area (Å²) in [6, 6.07) is 7.48. The monoisotopic (exact) mass is 385 g/mol. The van der Waals surface area contributed by atoms with Crippen molar-refractivity contribution in [1.29, 1.82) is 0 Å². The zero-order chi connectivity index (χ0) is 20.1. The molecule has 1 amide bonds. The van der Waals surface area contributed by atoms with Gasteiger partial charge in [0.1, 0.15) is 0 Å². The smallest absolute Gasteiger partial charge is 0.303 e. The lowest BCUT2D eigenvalue weighted by atomic mass is 10.1. The maximum absolute atomic E-state index is 12.5. The SMILES string of the molecule is Cc1nn(-c2ccc(C(=O)NC3CCCOCC3)cc2)c(C)c1CCC(=O)O. The molecule has 1 aliphatic rings. The third kappa shape index (κ3) is 4.78. The van der Waals surface area contributed by atoms with Gasteiger partial charge in [-0.3, -0.25) is 9.59 Å². The number of hydrogen-bond donors (Lipinski definition) is 2. The number of aromatic nitrogens is 2. The van der Waals surface area contributed by atoms with Crippen molar-refractivity contribution in [3.8, 4) is 5.69 Å². The Labute approximate surface area is 164 Å². The van der Waals surface area contributed by atoms with Crippen molar-refractivity contribution in [2.45, 2.75) is 52.0 Å². The zero-order valence-corrected chi connectivity index (χ0v) is 16.4. The van der Waals surface area contributed by atoms with E-state index in [1.165, 1.54) is 0 Å². The molecule has 2 heterocycles. The minimum atomic E-state index is -0.817. The first kappa shape index (κ1) is 20.1. The molecule has 2 N–H and O–H groups in total. The lowest BCUT2D eigenvalue weighted by Gasteiger charge is -2.15. The summed E-state index contributed by atoms with van der Waals surface area (Å²) in [4.78, 5) is 23.4. The summed E-state index contributed by atoms with van der Waals surface area (Å²) in [5.41, 5.74) is 4.17. The maximum atomic E-state index is 12.5. The number of rotatable bonds is 6. The van der Waals surface area contributed by atoms with Crippen LogP contribution in [-0.2, 0) is 16.0 Å². The van der Waals surface area contributed by atoms with Gasteiger partial charge in [0.05, 0.1) is 11.4 Å². The topological polar surface area (TPSA) is 93.5 Å². The van der Waals surface area contributed by atoms with Crippen molar-refractivity contribution >= 4 is 11.9 Å². The first-order chi connectivity index (χ1) is 13.5. The zero-order valence-electron chi connectivity index (χ0n) is 16.4. The van der Waals surface area contributed by atoms with Gasteiger partial charge in [-0.2, -0.15) is 5.10 Å². The summed E-state index contributed by atoms with van der Waals surface area (Å²) in [5, 5.41) is 16.6. The van der Waals surface area contributed by atoms with E-state index in [9.17, 15) is 9.59 Å². The Morgan fingerprint density at radius 2 is 1.96 bits per heavy atom. The summed E-state index contributed by atoms with van der Waals surface area (Å²) in [6.45, 7) is 5.27. The number of carboxylic acid groups (broad SMARTS) is 1. The number of hydrogen-bond acceptors (Lipinski definition) is 4. The summed E-state index contributed by atoms with van der Waals surface area (Å²) < 4.78 is 7.24. The number of benzene rings is 1. The van der Waals surface area contributed by atoms with Crippen LogP contribution in [0.5, 0.6) is 0 Å². The van der Waals surface area contributed by atoms with E-state index in [1.807, 2.05) is 26.0 Å². The lowest BCUT2D eigenvalue weighted by Crippen LogP contribution is -2.34. The standard InChI is InChI=1S/C21H27N3O4/c1-14-19(9-10-20(25)26)15(2)24(23-14)18-7-5-16(6-8-18)21(27)22-17-4-3-12-28-13-11-17/h5-8,17H,3-4,9-13H2,1-2H3,(H,22,27)(H,25,26). The molecule has 0 spiro atoms. The third-order valence-corrected chi connectivity index (χ3v) is 5.19. The van der Waals surface area contributed by atoms with Gasteiger partial charge in [0.25, 0.3) is 5.91 Å². The summed E-state index contributed by atoms with van der Waals surface area (Å²) >= 11 is 0. The number of nitrogens with zero attached hydrogens (tertiary/aromatic N) is 2. The van der Waals surface area contributed by atoms with E-state index in [4.69, 9.17) is 9.84 Å². The quantitative estimate of drug-likeness (QED) is 0.798. The second-order valence-corrected chi connectivity index (χ2v) is 7.22. The Balaban J connectivity index is 1.71. The van der Waals surface area contributed by atoms with E-state index >= 15 is 0 Å². The molecular formula is C21H27N3O4. The number of carboxylic acids is 1. The van der Waals surface area contributed by atoms with E-state index < -0.39 is 5.97 Å². The Morgan fingerprint density at radius 3 is 2.68 bits per heavy atom. The molecule has 1 aliphatic heterocycles. The fourth-order valence-corrected chi connectivity index (χ4v) is 3.59. The molecule has 1 aromatic carbocycles. The first-order valence-corrected chi connectivity index (χ1v) is 9.71.